The lowest BCUT2D eigenvalue weighted by molar-refractivity contribution is 0.414. The van der Waals surface area contributed by atoms with E-state index in [-0.39, 0.29) is 5.96 Å². The fourth-order valence-corrected chi connectivity index (χ4v) is 2.64. The molecule has 0 bridgehead atoms. The topological polar surface area (TPSA) is 93.6 Å². The largest absolute Gasteiger partial charge is 0.496 e. The summed E-state index contributed by atoms with van der Waals surface area (Å²) >= 11 is 23.9. The SMILES string of the molecule is COc1cc(Cl)c(Cl)cc1/C=N/N=C(N)N/N=C/c1cc(Cl)c(Cl)cc1OC. The Labute approximate surface area is 181 Å². The molecule has 148 valence electrons. The monoisotopic (exact) mass is 461 g/mol. The molecule has 0 heterocycles. The summed E-state index contributed by atoms with van der Waals surface area (Å²) in [7, 11) is 3.01. The van der Waals surface area contributed by atoms with Crippen molar-refractivity contribution in [2.45, 2.75) is 0 Å². The Kier molecular flexibility index (Phi) is 8.19. The second-order valence-corrected chi connectivity index (χ2v) is 6.75. The standard InChI is InChI=1S/C17H15Cl4N5O2/c1-27-15-5-13(20)11(18)3-9(15)7-23-25-17(22)26-24-8-10-4-12(19)14(21)6-16(10)28-2/h3-8H,1-2H3,(H3,22,25,26)/b23-7+,24-8+. The highest BCUT2D eigenvalue weighted by atomic mass is 35.5. The molecule has 0 fully saturated rings. The van der Waals surface area contributed by atoms with Crippen LogP contribution in [0.15, 0.2) is 39.6 Å². The number of nitrogens with zero attached hydrogens (tertiary/aromatic N) is 3. The number of hydrogen-bond donors (Lipinski definition) is 2. The number of guanidine groups is 1. The molecule has 0 saturated carbocycles. The number of methoxy groups -OCH3 is 2. The van der Waals surface area contributed by atoms with E-state index in [1.165, 1.54) is 26.6 Å². The molecule has 0 aromatic heterocycles. The van der Waals surface area contributed by atoms with Crippen LogP contribution in [0.1, 0.15) is 11.1 Å². The summed E-state index contributed by atoms with van der Waals surface area (Å²) in [6.45, 7) is 0. The zero-order valence-corrected chi connectivity index (χ0v) is 17.7. The van der Waals surface area contributed by atoms with Gasteiger partial charge in [-0.15, -0.1) is 5.10 Å². The van der Waals surface area contributed by atoms with Crippen molar-refractivity contribution in [3.63, 3.8) is 0 Å². The van der Waals surface area contributed by atoms with Gasteiger partial charge in [-0.3, -0.25) is 0 Å². The van der Waals surface area contributed by atoms with Gasteiger partial charge in [0.15, 0.2) is 0 Å². The zero-order valence-electron chi connectivity index (χ0n) is 14.7. The maximum atomic E-state index is 5.99. The highest BCUT2D eigenvalue weighted by molar-refractivity contribution is 6.42. The van der Waals surface area contributed by atoms with Gasteiger partial charge in [-0.1, -0.05) is 46.4 Å². The molecule has 2 rings (SSSR count). The summed E-state index contributed by atoms with van der Waals surface area (Å²) in [6, 6.07) is 6.36. The van der Waals surface area contributed by atoms with E-state index in [2.05, 4.69) is 20.7 Å². The second kappa shape index (κ2) is 10.4. The van der Waals surface area contributed by atoms with E-state index in [4.69, 9.17) is 61.6 Å². The Morgan fingerprint density at radius 1 is 0.857 bits per heavy atom. The molecule has 0 saturated heterocycles. The Morgan fingerprint density at radius 2 is 1.32 bits per heavy atom. The van der Waals surface area contributed by atoms with Crippen molar-refractivity contribution < 1.29 is 9.47 Å². The summed E-state index contributed by atoms with van der Waals surface area (Å²) in [5.41, 5.74) is 9.41. The van der Waals surface area contributed by atoms with Gasteiger partial charge in [-0.25, -0.2) is 5.43 Å². The summed E-state index contributed by atoms with van der Waals surface area (Å²) in [5, 5.41) is 13.1. The number of nitrogens with two attached hydrogens (primary N) is 1. The molecule has 0 aliphatic rings. The van der Waals surface area contributed by atoms with Gasteiger partial charge in [0.1, 0.15) is 11.5 Å². The Hall–Kier alpha value is -2.19. The van der Waals surface area contributed by atoms with Crippen LogP contribution in [0.5, 0.6) is 11.5 Å². The molecule has 3 N–H and O–H groups in total. The maximum absolute atomic E-state index is 5.99. The average molecular weight is 463 g/mol. The van der Waals surface area contributed by atoms with Gasteiger partial charge >= 0.3 is 0 Å². The first kappa shape index (κ1) is 22.1. The average Bonchev–Trinajstić information content (AvgIpc) is 2.66. The third kappa shape index (κ3) is 5.90. The third-order valence-electron chi connectivity index (χ3n) is 3.29. The fourth-order valence-electron chi connectivity index (χ4n) is 1.99. The lowest BCUT2D eigenvalue weighted by atomic mass is 10.2. The minimum atomic E-state index is -0.0504. The van der Waals surface area contributed by atoms with E-state index in [1.54, 1.807) is 24.3 Å². The number of nitrogens with one attached hydrogen (secondary N) is 1. The van der Waals surface area contributed by atoms with Gasteiger partial charge in [0.05, 0.1) is 46.7 Å². The molecule has 2 aromatic rings. The quantitative estimate of drug-likeness (QED) is 0.373. The highest BCUT2D eigenvalue weighted by Crippen LogP contribution is 2.30. The molecule has 11 heteroatoms. The van der Waals surface area contributed by atoms with Gasteiger partial charge in [0.25, 0.3) is 0 Å². The normalized spacial score (nSPS) is 12.0. The van der Waals surface area contributed by atoms with E-state index in [9.17, 15) is 0 Å². The van der Waals surface area contributed by atoms with Crippen LogP contribution in [0.4, 0.5) is 0 Å². The first-order chi connectivity index (χ1) is 13.3. The summed E-state index contributed by atoms with van der Waals surface area (Å²) < 4.78 is 10.4. The van der Waals surface area contributed by atoms with Crippen molar-refractivity contribution in [1.82, 2.24) is 5.43 Å². The van der Waals surface area contributed by atoms with Crippen molar-refractivity contribution in [3.05, 3.63) is 55.5 Å². The van der Waals surface area contributed by atoms with Crippen LogP contribution < -0.4 is 20.6 Å². The lowest BCUT2D eigenvalue weighted by Gasteiger charge is -2.06. The smallest absolute Gasteiger partial charge is 0.234 e. The van der Waals surface area contributed by atoms with Crippen LogP contribution >= 0.6 is 46.4 Å². The number of hydrazone groups is 1. The van der Waals surface area contributed by atoms with E-state index < -0.39 is 0 Å². The molecule has 0 aliphatic carbocycles. The van der Waals surface area contributed by atoms with Gasteiger partial charge in [-0.05, 0) is 12.1 Å². The van der Waals surface area contributed by atoms with E-state index >= 15 is 0 Å². The first-order valence-corrected chi connectivity index (χ1v) is 9.08. The van der Waals surface area contributed by atoms with Gasteiger partial charge in [-0.2, -0.15) is 10.2 Å². The number of rotatable bonds is 6. The lowest BCUT2D eigenvalue weighted by Crippen LogP contribution is -2.26. The van der Waals surface area contributed by atoms with Crippen LogP contribution in [-0.2, 0) is 0 Å². The predicted molar refractivity (Wildman–Crippen MR) is 116 cm³/mol. The van der Waals surface area contributed by atoms with Crippen LogP contribution in [0.3, 0.4) is 0 Å². The van der Waals surface area contributed by atoms with E-state index in [0.717, 1.165) is 0 Å². The number of benzene rings is 2. The maximum Gasteiger partial charge on any atom is 0.234 e. The van der Waals surface area contributed by atoms with E-state index in [0.29, 0.717) is 42.7 Å². The Balaban J connectivity index is 2.08. The molecule has 0 spiro atoms. The molecular formula is C17H15Cl4N5O2. The molecule has 28 heavy (non-hydrogen) atoms. The molecule has 0 radical (unpaired) electrons. The van der Waals surface area contributed by atoms with Crippen molar-refractivity contribution in [3.8, 4) is 11.5 Å². The van der Waals surface area contributed by atoms with Crippen LogP contribution in [0.2, 0.25) is 20.1 Å². The number of ether oxygens (including phenoxy) is 2. The van der Waals surface area contributed by atoms with Crippen LogP contribution in [0.25, 0.3) is 0 Å². The molecule has 0 aliphatic heterocycles. The van der Waals surface area contributed by atoms with Crippen molar-refractivity contribution in [1.29, 1.82) is 0 Å². The third-order valence-corrected chi connectivity index (χ3v) is 4.73. The Bertz CT molecular complexity index is 948. The zero-order chi connectivity index (χ0) is 20.7. The van der Waals surface area contributed by atoms with E-state index in [1.807, 2.05) is 0 Å². The molecule has 0 unspecified atom stereocenters. The number of halogens is 4. The van der Waals surface area contributed by atoms with Gasteiger partial charge < -0.3 is 15.2 Å². The first-order valence-electron chi connectivity index (χ1n) is 7.57. The highest BCUT2D eigenvalue weighted by Gasteiger charge is 2.07. The van der Waals surface area contributed by atoms with Crippen molar-refractivity contribution >= 4 is 64.8 Å². The Morgan fingerprint density at radius 3 is 1.82 bits per heavy atom. The molecule has 0 amide bonds. The molecular weight excluding hydrogens is 448 g/mol. The molecule has 0 atom stereocenters. The fraction of sp³-hybridized carbons (Fsp3) is 0.118. The summed E-state index contributed by atoms with van der Waals surface area (Å²) in [5.74, 6) is 0.940. The number of hydrogen-bond acceptors (Lipinski definition) is 5. The molecule has 2 aromatic carbocycles. The van der Waals surface area contributed by atoms with Crippen LogP contribution in [-0.4, -0.2) is 32.6 Å². The summed E-state index contributed by atoms with van der Waals surface area (Å²) in [6.07, 6.45) is 2.87. The minimum Gasteiger partial charge on any atom is -0.496 e. The van der Waals surface area contributed by atoms with Gasteiger partial charge in [0, 0.05) is 23.3 Å². The second-order valence-electron chi connectivity index (χ2n) is 5.12. The van der Waals surface area contributed by atoms with Crippen molar-refractivity contribution in [2.24, 2.45) is 21.0 Å². The predicted octanol–water partition coefficient (Wildman–Crippen LogP) is 4.59. The van der Waals surface area contributed by atoms with Crippen LogP contribution in [0, 0.1) is 0 Å². The van der Waals surface area contributed by atoms with Gasteiger partial charge in [0.2, 0.25) is 5.96 Å². The van der Waals surface area contributed by atoms with Crippen molar-refractivity contribution in [2.75, 3.05) is 14.2 Å². The minimum absolute atomic E-state index is 0.0504. The molecule has 7 nitrogen and oxygen atoms in total. The summed E-state index contributed by atoms with van der Waals surface area (Å²) in [4.78, 5) is 0.